The predicted octanol–water partition coefficient (Wildman–Crippen LogP) is 3.92. The SMILES string of the molecule is CC(=O)c1ccc(OCCCC(=O)NNC(=O)c2cc(C)n(-c3ccccc3)c2C)cc1. The van der Waals surface area contributed by atoms with Crippen LogP contribution >= 0.6 is 0 Å². The average Bonchev–Trinajstić information content (AvgIpc) is 3.09. The third-order valence-electron chi connectivity index (χ3n) is 5.08. The smallest absolute Gasteiger partial charge is 0.271 e. The van der Waals surface area contributed by atoms with Crippen molar-refractivity contribution in [3.63, 3.8) is 0 Å². The molecule has 0 saturated carbocycles. The lowest BCUT2D eigenvalue weighted by atomic mass is 10.1. The molecule has 2 amide bonds. The number of nitrogens with zero attached hydrogens (tertiary/aromatic N) is 1. The van der Waals surface area contributed by atoms with Crippen LogP contribution in [0, 0.1) is 13.8 Å². The molecule has 0 unspecified atom stereocenters. The number of rotatable bonds is 8. The third kappa shape index (κ3) is 5.63. The van der Waals surface area contributed by atoms with Crippen molar-refractivity contribution in [1.82, 2.24) is 15.4 Å². The second kappa shape index (κ2) is 10.4. The Bertz CT molecular complexity index is 1100. The van der Waals surface area contributed by atoms with Crippen molar-refractivity contribution in [3.05, 3.63) is 83.2 Å². The summed E-state index contributed by atoms with van der Waals surface area (Å²) in [6.45, 7) is 5.66. The molecular formula is C25H27N3O4. The molecule has 0 fully saturated rings. The zero-order chi connectivity index (χ0) is 23.1. The number of para-hydroxylation sites is 1. The van der Waals surface area contributed by atoms with E-state index in [2.05, 4.69) is 10.9 Å². The van der Waals surface area contributed by atoms with Gasteiger partial charge in [-0.15, -0.1) is 0 Å². The van der Waals surface area contributed by atoms with Crippen molar-refractivity contribution >= 4 is 17.6 Å². The molecule has 32 heavy (non-hydrogen) atoms. The molecule has 0 atom stereocenters. The van der Waals surface area contributed by atoms with Gasteiger partial charge in [-0.1, -0.05) is 18.2 Å². The lowest BCUT2D eigenvalue weighted by Crippen LogP contribution is -2.41. The minimum Gasteiger partial charge on any atom is -0.494 e. The number of nitrogens with one attached hydrogen (secondary N) is 2. The largest absolute Gasteiger partial charge is 0.494 e. The molecule has 3 rings (SSSR count). The van der Waals surface area contributed by atoms with Crippen molar-refractivity contribution in [3.8, 4) is 11.4 Å². The van der Waals surface area contributed by atoms with Gasteiger partial charge in [-0.05, 0) is 69.7 Å². The Balaban J connectivity index is 1.45. The molecule has 7 heteroatoms. The van der Waals surface area contributed by atoms with Gasteiger partial charge in [0.15, 0.2) is 5.78 Å². The molecule has 2 N–H and O–H groups in total. The molecule has 0 aliphatic rings. The van der Waals surface area contributed by atoms with Gasteiger partial charge in [0.2, 0.25) is 5.91 Å². The summed E-state index contributed by atoms with van der Waals surface area (Å²) in [7, 11) is 0. The van der Waals surface area contributed by atoms with E-state index in [1.807, 2.05) is 48.7 Å². The monoisotopic (exact) mass is 433 g/mol. The van der Waals surface area contributed by atoms with Crippen LogP contribution < -0.4 is 15.6 Å². The van der Waals surface area contributed by atoms with Gasteiger partial charge in [-0.25, -0.2) is 0 Å². The minimum atomic E-state index is -0.365. The number of benzene rings is 2. The fourth-order valence-corrected chi connectivity index (χ4v) is 3.43. The molecule has 2 aromatic carbocycles. The van der Waals surface area contributed by atoms with Gasteiger partial charge in [0.1, 0.15) is 5.75 Å². The maximum Gasteiger partial charge on any atom is 0.271 e. The Morgan fingerprint density at radius 2 is 1.62 bits per heavy atom. The number of Topliss-reactive ketones (excluding diaryl/α,β-unsaturated/α-hetero) is 1. The van der Waals surface area contributed by atoms with Crippen molar-refractivity contribution in [2.24, 2.45) is 0 Å². The fourth-order valence-electron chi connectivity index (χ4n) is 3.43. The van der Waals surface area contributed by atoms with Crippen molar-refractivity contribution in [1.29, 1.82) is 0 Å². The van der Waals surface area contributed by atoms with Crippen molar-refractivity contribution < 1.29 is 19.1 Å². The second-order valence-electron chi connectivity index (χ2n) is 7.49. The van der Waals surface area contributed by atoms with E-state index < -0.39 is 0 Å². The van der Waals surface area contributed by atoms with Crippen LogP contribution in [0.1, 0.15) is 51.9 Å². The summed E-state index contributed by atoms with van der Waals surface area (Å²) < 4.78 is 7.58. The van der Waals surface area contributed by atoms with Crippen LogP contribution in [0.5, 0.6) is 5.75 Å². The molecule has 1 heterocycles. The summed E-state index contributed by atoms with van der Waals surface area (Å²) in [6.07, 6.45) is 0.688. The average molecular weight is 434 g/mol. The third-order valence-corrected chi connectivity index (χ3v) is 5.08. The lowest BCUT2D eigenvalue weighted by molar-refractivity contribution is -0.122. The highest BCUT2D eigenvalue weighted by atomic mass is 16.5. The highest BCUT2D eigenvalue weighted by Gasteiger charge is 2.17. The van der Waals surface area contributed by atoms with Crippen LogP contribution in [0.4, 0.5) is 0 Å². The van der Waals surface area contributed by atoms with E-state index >= 15 is 0 Å². The van der Waals surface area contributed by atoms with Crippen LogP contribution in [-0.4, -0.2) is 28.8 Å². The first-order chi connectivity index (χ1) is 15.4. The summed E-state index contributed by atoms with van der Waals surface area (Å²) in [6, 6.07) is 18.4. The van der Waals surface area contributed by atoms with Crippen LogP contribution in [0.25, 0.3) is 5.69 Å². The summed E-state index contributed by atoms with van der Waals surface area (Å²) >= 11 is 0. The molecular weight excluding hydrogens is 406 g/mol. The molecule has 0 saturated heterocycles. The Morgan fingerprint density at radius 1 is 0.938 bits per heavy atom. The second-order valence-corrected chi connectivity index (χ2v) is 7.49. The van der Waals surface area contributed by atoms with Gasteiger partial charge in [0.05, 0.1) is 12.2 Å². The zero-order valence-corrected chi connectivity index (χ0v) is 18.5. The molecule has 3 aromatic rings. The Labute approximate surface area is 187 Å². The highest BCUT2D eigenvalue weighted by Crippen LogP contribution is 2.20. The van der Waals surface area contributed by atoms with Gasteiger partial charge in [-0.2, -0.15) is 0 Å². The van der Waals surface area contributed by atoms with E-state index in [4.69, 9.17) is 4.74 Å². The first-order valence-corrected chi connectivity index (χ1v) is 10.4. The van der Waals surface area contributed by atoms with Crippen LogP contribution in [0.15, 0.2) is 60.7 Å². The number of ether oxygens (including phenoxy) is 1. The van der Waals surface area contributed by atoms with E-state index in [9.17, 15) is 14.4 Å². The van der Waals surface area contributed by atoms with E-state index in [1.165, 1.54) is 6.92 Å². The van der Waals surface area contributed by atoms with Gasteiger partial charge in [0, 0.05) is 29.1 Å². The van der Waals surface area contributed by atoms with Crippen molar-refractivity contribution in [2.45, 2.75) is 33.6 Å². The molecule has 1 aromatic heterocycles. The van der Waals surface area contributed by atoms with Crippen molar-refractivity contribution in [2.75, 3.05) is 6.61 Å². The van der Waals surface area contributed by atoms with E-state index in [0.717, 1.165) is 17.1 Å². The number of carbonyl (C=O) groups is 3. The molecule has 166 valence electrons. The molecule has 0 spiro atoms. The number of hydrogen-bond acceptors (Lipinski definition) is 4. The Hall–Kier alpha value is -3.87. The Kier molecular flexibility index (Phi) is 7.44. The van der Waals surface area contributed by atoms with E-state index in [1.54, 1.807) is 30.3 Å². The quantitative estimate of drug-likeness (QED) is 0.320. The zero-order valence-electron chi connectivity index (χ0n) is 18.5. The lowest BCUT2D eigenvalue weighted by Gasteiger charge is -2.10. The van der Waals surface area contributed by atoms with Gasteiger partial charge in [-0.3, -0.25) is 25.2 Å². The number of hydrazine groups is 1. The van der Waals surface area contributed by atoms with Gasteiger partial charge < -0.3 is 9.30 Å². The maximum atomic E-state index is 12.6. The number of aromatic nitrogens is 1. The first-order valence-electron chi connectivity index (χ1n) is 10.4. The molecule has 0 aliphatic carbocycles. The maximum absolute atomic E-state index is 12.6. The number of aryl methyl sites for hydroxylation is 1. The highest BCUT2D eigenvalue weighted by molar-refractivity contribution is 5.97. The summed E-state index contributed by atoms with van der Waals surface area (Å²) in [5.41, 5.74) is 8.76. The predicted molar refractivity (Wildman–Crippen MR) is 122 cm³/mol. The standard InChI is InChI=1S/C25H27N3O4/c1-17-16-23(18(2)28(17)21-8-5-4-6-9-21)25(31)27-26-24(30)10-7-15-32-22-13-11-20(12-14-22)19(3)29/h4-6,8-9,11-14,16H,7,10,15H2,1-3H3,(H,26,30)(H,27,31). The number of ketones is 1. The van der Waals surface area contributed by atoms with E-state index in [-0.39, 0.29) is 24.0 Å². The van der Waals surface area contributed by atoms with Gasteiger partial charge >= 0.3 is 0 Å². The molecule has 0 bridgehead atoms. The first kappa shape index (κ1) is 22.8. The summed E-state index contributed by atoms with van der Waals surface area (Å²) in [4.78, 5) is 35.9. The van der Waals surface area contributed by atoms with Crippen LogP contribution in [0.3, 0.4) is 0 Å². The number of amides is 2. The fraction of sp³-hybridized carbons (Fsp3) is 0.240. The molecule has 0 aliphatic heterocycles. The Morgan fingerprint density at radius 3 is 2.28 bits per heavy atom. The molecule has 0 radical (unpaired) electrons. The minimum absolute atomic E-state index is 0.00254. The summed E-state index contributed by atoms with van der Waals surface area (Å²) in [5, 5.41) is 0. The van der Waals surface area contributed by atoms with Crippen LogP contribution in [-0.2, 0) is 4.79 Å². The van der Waals surface area contributed by atoms with Gasteiger partial charge in [0.25, 0.3) is 5.91 Å². The normalized spacial score (nSPS) is 10.5. The number of carbonyl (C=O) groups excluding carboxylic acids is 3. The molecule has 7 nitrogen and oxygen atoms in total. The van der Waals surface area contributed by atoms with Crippen LogP contribution in [0.2, 0.25) is 0 Å². The van der Waals surface area contributed by atoms with E-state index in [0.29, 0.717) is 29.9 Å². The topological polar surface area (TPSA) is 89.4 Å². The number of hydrogen-bond donors (Lipinski definition) is 2. The summed E-state index contributed by atoms with van der Waals surface area (Å²) in [5.74, 6) is -0.0316.